The summed E-state index contributed by atoms with van der Waals surface area (Å²) in [6.07, 6.45) is 6.92. The van der Waals surface area contributed by atoms with Crippen LogP contribution in [-0.4, -0.2) is 4.57 Å². The predicted octanol–water partition coefficient (Wildman–Crippen LogP) is 6.26. The Bertz CT molecular complexity index is 1760. The number of fused-ring (bicyclic) bond motifs is 7. The van der Waals surface area contributed by atoms with Gasteiger partial charge in [0.2, 0.25) is 0 Å². The molecule has 8 rings (SSSR count). The third-order valence-corrected chi connectivity index (χ3v) is 7.66. The second-order valence-electron chi connectivity index (χ2n) is 9.37. The maximum atomic E-state index is 2.58. The number of allylic oxidation sites excluding steroid dienone is 2. The third-order valence-electron chi connectivity index (χ3n) is 7.66. The van der Waals surface area contributed by atoms with E-state index in [1.54, 1.807) is 0 Å². The van der Waals surface area contributed by atoms with Crippen molar-refractivity contribution in [3.8, 4) is 11.1 Å². The van der Waals surface area contributed by atoms with E-state index in [1.165, 1.54) is 55.2 Å². The first-order chi connectivity index (χ1) is 16.9. The number of rotatable bonds is 2. The van der Waals surface area contributed by atoms with Crippen molar-refractivity contribution < 1.29 is 0 Å². The molecule has 0 spiro atoms. The summed E-state index contributed by atoms with van der Waals surface area (Å²) in [5.41, 5.74) is 7.88. The zero-order chi connectivity index (χ0) is 22.2. The van der Waals surface area contributed by atoms with Crippen molar-refractivity contribution in [3.05, 3.63) is 132 Å². The average molecular weight is 435 g/mol. The number of para-hydroxylation sites is 1. The van der Waals surface area contributed by atoms with Crippen molar-refractivity contribution in [3.63, 3.8) is 0 Å². The fourth-order valence-corrected chi connectivity index (χ4v) is 6.33. The molecule has 5 aromatic rings. The number of aromatic nitrogens is 1. The Hall–Kier alpha value is -4.30. The van der Waals surface area contributed by atoms with Gasteiger partial charge in [0.15, 0.2) is 0 Å². The molecule has 4 heterocycles. The lowest BCUT2D eigenvalue weighted by molar-refractivity contribution is 0.576. The van der Waals surface area contributed by atoms with Crippen LogP contribution in [-0.2, 0) is 0 Å². The van der Waals surface area contributed by atoms with Gasteiger partial charge in [-0.15, -0.1) is 0 Å². The van der Waals surface area contributed by atoms with Gasteiger partial charge >= 0.3 is 0 Å². The van der Waals surface area contributed by atoms with Crippen LogP contribution in [0, 0.1) is 0 Å². The highest BCUT2D eigenvalue weighted by molar-refractivity contribution is 5.98. The maximum Gasteiger partial charge on any atom is 0.0706 e. The van der Waals surface area contributed by atoms with Gasteiger partial charge in [0.05, 0.1) is 23.0 Å². The minimum absolute atomic E-state index is 0.288. The summed E-state index contributed by atoms with van der Waals surface area (Å²) in [5.74, 6) is 0.294. The van der Waals surface area contributed by atoms with Gasteiger partial charge in [-0.25, -0.2) is 0 Å². The summed E-state index contributed by atoms with van der Waals surface area (Å²) in [7, 11) is 0. The van der Waals surface area contributed by atoms with E-state index in [4.69, 9.17) is 0 Å². The van der Waals surface area contributed by atoms with Crippen molar-refractivity contribution in [2.45, 2.75) is 12.0 Å². The van der Waals surface area contributed by atoms with Crippen LogP contribution in [0.4, 0.5) is 11.4 Å². The first-order valence-electron chi connectivity index (χ1n) is 12.0. The topological polar surface area (TPSA) is 8.17 Å². The highest BCUT2D eigenvalue weighted by Crippen LogP contribution is 2.55. The van der Waals surface area contributed by atoms with Gasteiger partial charge in [0, 0.05) is 27.5 Å². The van der Waals surface area contributed by atoms with Crippen LogP contribution in [0.5, 0.6) is 0 Å². The number of hydrogen-bond acceptors (Lipinski definition) is 1. The van der Waals surface area contributed by atoms with Gasteiger partial charge in [-0.05, 0) is 47.0 Å². The van der Waals surface area contributed by atoms with Crippen LogP contribution < -0.4 is 15.6 Å². The van der Waals surface area contributed by atoms with E-state index in [-0.39, 0.29) is 6.04 Å². The predicted molar refractivity (Wildman–Crippen MR) is 140 cm³/mol. The molecule has 0 saturated carbocycles. The summed E-state index contributed by atoms with van der Waals surface area (Å²) < 4.78 is 2.58. The van der Waals surface area contributed by atoms with E-state index < -0.39 is 0 Å². The lowest BCUT2D eigenvalue weighted by Crippen LogP contribution is -2.29. The molecule has 0 radical (unpaired) electrons. The molecular weight excluding hydrogens is 412 g/mol. The van der Waals surface area contributed by atoms with E-state index in [2.05, 4.69) is 131 Å². The second-order valence-corrected chi connectivity index (χ2v) is 9.37. The number of anilines is 2. The quantitative estimate of drug-likeness (QED) is 0.318. The zero-order valence-electron chi connectivity index (χ0n) is 18.6. The van der Waals surface area contributed by atoms with Crippen LogP contribution in [0.15, 0.2) is 115 Å². The van der Waals surface area contributed by atoms with Crippen molar-refractivity contribution in [2.24, 2.45) is 0 Å². The average Bonchev–Trinajstić information content (AvgIpc) is 3.54. The Morgan fingerprint density at radius 1 is 0.647 bits per heavy atom. The smallest absolute Gasteiger partial charge is 0.0706 e. The first-order valence-corrected chi connectivity index (χ1v) is 12.0. The standard InChI is InChI=1S/C32H22N2/c1-3-10-21(11-4-1)22-18-19-28-26(20-22)30-29-17-9-16-27-24-14-7-8-15-25(24)31(34(27)29)32(30)33(28)23-12-5-2-6-13-23/h1-20,29-30H. The molecule has 1 aromatic heterocycles. The molecule has 2 heteroatoms. The van der Waals surface area contributed by atoms with Gasteiger partial charge in [0.1, 0.15) is 0 Å². The van der Waals surface area contributed by atoms with E-state index in [1.807, 2.05) is 0 Å². The normalized spacial score (nSPS) is 19.2. The Morgan fingerprint density at radius 2 is 1.38 bits per heavy atom. The maximum absolute atomic E-state index is 2.58. The fourth-order valence-electron chi connectivity index (χ4n) is 6.33. The third kappa shape index (κ3) is 2.25. The van der Waals surface area contributed by atoms with Crippen LogP contribution >= 0.6 is 0 Å². The number of hydrogen-bond donors (Lipinski definition) is 0. The minimum atomic E-state index is 0.288. The minimum Gasteiger partial charge on any atom is -0.331 e. The summed E-state index contributed by atoms with van der Waals surface area (Å²) in [6, 6.07) is 37.8. The summed E-state index contributed by atoms with van der Waals surface area (Å²) >= 11 is 0. The molecule has 0 amide bonds. The largest absolute Gasteiger partial charge is 0.331 e. The Balaban J connectivity index is 1.49. The molecule has 0 bridgehead atoms. The Labute approximate surface area is 198 Å². The molecule has 4 aromatic carbocycles. The molecule has 2 nitrogen and oxygen atoms in total. The Kier molecular flexibility index (Phi) is 3.53. The first kappa shape index (κ1) is 18.2. The van der Waals surface area contributed by atoms with E-state index in [0.717, 1.165) is 0 Å². The van der Waals surface area contributed by atoms with Crippen LogP contribution in [0.1, 0.15) is 17.5 Å². The van der Waals surface area contributed by atoms with E-state index in [0.29, 0.717) is 5.92 Å². The highest BCUT2D eigenvalue weighted by atomic mass is 15.2. The lowest BCUT2D eigenvalue weighted by atomic mass is 9.89. The van der Waals surface area contributed by atoms with Gasteiger partial charge in [0.25, 0.3) is 0 Å². The molecular formula is C32H22N2. The monoisotopic (exact) mass is 434 g/mol. The molecule has 3 aliphatic heterocycles. The van der Waals surface area contributed by atoms with Crippen molar-refractivity contribution in [1.29, 1.82) is 0 Å². The van der Waals surface area contributed by atoms with Crippen LogP contribution in [0.2, 0.25) is 0 Å². The van der Waals surface area contributed by atoms with Crippen molar-refractivity contribution in [1.82, 2.24) is 4.57 Å². The molecule has 0 fully saturated rings. The molecule has 160 valence electrons. The van der Waals surface area contributed by atoms with Gasteiger partial charge in [-0.1, -0.05) is 91.0 Å². The summed E-state index contributed by atoms with van der Waals surface area (Å²) in [4.78, 5) is 2.51. The molecule has 3 aliphatic rings. The summed E-state index contributed by atoms with van der Waals surface area (Å²) in [6.45, 7) is 0. The van der Waals surface area contributed by atoms with Crippen molar-refractivity contribution in [2.75, 3.05) is 4.90 Å². The van der Waals surface area contributed by atoms with E-state index >= 15 is 0 Å². The van der Waals surface area contributed by atoms with Crippen LogP contribution in [0.3, 0.4) is 0 Å². The molecule has 2 unspecified atom stereocenters. The van der Waals surface area contributed by atoms with Gasteiger partial charge < -0.3 is 9.47 Å². The summed E-state index contributed by atoms with van der Waals surface area (Å²) in [5, 5.41) is 5.38. The van der Waals surface area contributed by atoms with Crippen molar-refractivity contribution >= 4 is 33.9 Å². The van der Waals surface area contributed by atoms with Crippen LogP contribution in [0.25, 0.3) is 33.7 Å². The Morgan fingerprint density at radius 3 is 2.21 bits per heavy atom. The molecule has 0 N–H and O–H groups in total. The molecule has 2 atom stereocenters. The SMILES string of the molecule is C1=CC2C3C(=c4c5ccccc5c(n42)=C1)N(c1ccccc1)c1ccc(-c2ccccc2)cc13. The zero-order valence-corrected chi connectivity index (χ0v) is 18.6. The van der Waals surface area contributed by atoms with Gasteiger partial charge in [-0.2, -0.15) is 0 Å². The molecule has 34 heavy (non-hydrogen) atoms. The van der Waals surface area contributed by atoms with Gasteiger partial charge in [-0.3, -0.25) is 0 Å². The van der Waals surface area contributed by atoms with E-state index in [9.17, 15) is 0 Å². The second kappa shape index (κ2) is 6.61. The number of benzene rings is 4. The lowest BCUT2D eigenvalue weighted by Gasteiger charge is -2.22. The number of nitrogens with zero attached hydrogens (tertiary/aromatic N) is 2. The fraction of sp³-hybridized carbons (Fsp3) is 0.0625. The highest BCUT2D eigenvalue weighted by Gasteiger charge is 2.45. The molecule has 0 saturated heterocycles. The molecule has 0 aliphatic carbocycles.